The Morgan fingerprint density at radius 1 is 0.727 bits per heavy atom. The lowest BCUT2D eigenvalue weighted by atomic mass is 10.1. The van der Waals surface area contributed by atoms with Gasteiger partial charge in [0.15, 0.2) is 0 Å². The standard InChI is InChI=1S/C20H34O2/c1-2-3-4-5-6-7-8-9-10-11-12-13-14-15-16-17-18-19-20(21)22/h2-4,9-10H,1,5-8,11-19H2,(H,21,22). The van der Waals surface area contributed by atoms with Crippen LogP contribution in [0.1, 0.15) is 83.5 Å². The lowest BCUT2D eigenvalue weighted by Crippen LogP contribution is -1.93. The number of carboxylic acid groups (broad SMARTS) is 1. The summed E-state index contributed by atoms with van der Waals surface area (Å²) < 4.78 is 0. The molecule has 0 rings (SSSR count). The molecule has 0 saturated carbocycles. The van der Waals surface area contributed by atoms with E-state index in [9.17, 15) is 4.79 Å². The van der Waals surface area contributed by atoms with Crippen LogP contribution in [-0.4, -0.2) is 11.1 Å². The summed E-state index contributed by atoms with van der Waals surface area (Å²) in [5.41, 5.74) is 0. The average Bonchev–Trinajstić information content (AvgIpc) is 2.50. The second-order valence-electron chi connectivity index (χ2n) is 5.83. The van der Waals surface area contributed by atoms with Crippen LogP contribution >= 0.6 is 0 Å². The van der Waals surface area contributed by atoms with Crippen molar-refractivity contribution in [3.8, 4) is 0 Å². The van der Waals surface area contributed by atoms with Gasteiger partial charge in [-0.1, -0.05) is 69.1 Å². The third kappa shape index (κ3) is 18.7. The van der Waals surface area contributed by atoms with Crippen LogP contribution in [0.5, 0.6) is 0 Å². The Morgan fingerprint density at radius 3 is 1.73 bits per heavy atom. The fraction of sp³-hybridized carbons (Fsp3) is 0.650. The maximum atomic E-state index is 10.3. The molecular weight excluding hydrogens is 272 g/mol. The van der Waals surface area contributed by atoms with Crippen LogP contribution in [-0.2, 0) is 4.79 Å². The van der Waals surface area contributed by atoms with Crippen LogP contribution in [0.3, 0.4) is 0 Å². The molecule has 0 aromatic carbocycles. The SMILES string of the molecule is C=CC=CCCCCC=CCCCCCCCCCC(=O)O. The third-order valence-electron chi connectivity index (χ3n) is 3.69. The lowest BCUT2D eigenvalue weighted by Gasteiger charge is -2.00. The van der Waals surface area contributed by atoms with E-state index in [0.29, 0.717) is 6.42 Å². The molecule has 0 aromatic rings. The molecule has 0 amide bonds. The van der Waals surface area contributed by atoms with Crippen molar-refractivity contribution in [2.45, 2.75) is 83.5 Å². The van der Waals surface area contributed by atoms with Crippen molar-refractivity contribution in [2.24, 2.45) is 0 Å². The number of unbranched alkanes of at least 4 members (excludes halogenated alkanes) is 10. The zero-order valence-corrected chi connectivity index (χ0v) is 14.1. The summed E-state index contributed by atoms with van der Waals surface area (Å²) in [5, 5.41) is 8.53. The van der Waals surface area contributed by atoms with E-state index in [2.05, 4.69) is 24.8 Å². The normalized spacial score (nSPS) is 11.5. The van der Waals surface area contributed by atoms with E-state index in [4.69, 9.17) is 5.11 Å². The number of rotatable bonds is 16. The molecule has 0 atom stereocenters. The summed E-state index contributed by atoms with van der Waals surface area (Å²) in [6, 6.07) is 0. The Kier molecular flexibility index (Phi) is 16.7. The largest absolute Gasteiger partial charge is 0.481 e. The Bertz CT molecular complexity index is 316. The predicted molar refractivity (Wildman–Crippen MR) is 96.1 cm³/mol. The molecule has 0 radical (unpaired) electrons. The van der Waals surface area contributed by atoms with Crippen LogP contribution in [0.15, 0.2) is 37.0 Å². The van der Waals surface area contributed by atoms with E-state index in [1.807, 2.05) is 12.2 Å². The highest BCUT2D eigenvalue weighted by Gasteiger charge is 1.96. The van der Waals surface area contributed by atoms with Crippen molar-refractivity contribution in [3.63, 3.8) is 0 Å². The van der Waals surface area contributed by atoms with Crippen molar-refractivity contribution in [1.29, 1.82) is 0 Å². The number of allylic oxidation sites excluding steroid dienone is 5. The van der Waals surface area contributed by atoms with E-state index in [0.717, 1.165) is 19.3 Å². The number of carbonyl (C=O) groups is 1. The Hall–Kier alpha value is -1.31. The van der Waals surface area contributed by atoms with E-state index in [1.165, 1.54) is 57.8 Å². The molecule has 0 bridgehead atoms. The molecule has 0 heterocycles. The van der Waals surface area contributed by atoms with Crippen molar-refractivity contribution in [2.75, 3.05) is 0 Å². The number of aliphatic carboxylic acids is 1. The molecule has 0 aromatic heterocycles. The molecule has 0 fully saturated rings. The van der Waals surface area contributed by atoms with Gasteiger partial charge in [-0.2, -0.15) is 0 Å². The summed E-state index contributed by atoms with van der Waals surface area (Å²) >= 11 is 0. The van der Waals surface area contributed by atoms with Gasteiger partial charge in [0.25, 0.3) is 0 Å². The molecule has 1 N–H and O–H groups in total. The Morgan fingerprint density at radius 2 is 1.18 bits per heavy atom. The molecule has 0 saturated heterocycles. The van der Waals surface area contributed by atoms with E-state index >= 15 is 0 Å². The van der Waals surface area contributed by atoms with Gasteiger partial charge in [0.05, 0.1) is 0 Å². The Balaban J connectivity index is 3.12. The minimum atomic E-state index is -0.667. The van der Waals surface area contributed by atoms with E-state index in [1.54, 1.807) is 0 Å². The molecule has 0 aliphatic rings. The highest BCUT2D eigenvalue weighted by molar-refractivity contribution is 5.66. The second-order valence-corrected chi connectivity index (χ2v) is 5.83. The van der Waals surface area contributed by atoms with Crippen LogP contribution < -0.4 is 0 Å². The van der Waals surface area contributed by atoms with Crippen LogP contribution in [0.2, 0.25) is 0 Å². The average molecular weight is 306 g/mol. The number of carboxylic acids is 1. The molecule has 2 heteroatoms. The van der Waals surface area contributed by atoms with Gasteiger partial charge >= 0.3 is 5.97 Å². The molecule has 22 heavy (non-hydrogen) atoms. The minimum absolute atomic E-state index is 0.329. The zero-order chi connectivity index (χ0) is 16.3. The third-order valence-corrected chi connectivity index (χ3v) is 3.69. The van der Waals surface area contributed by atoms with Crippen molar-refractivity contribution >= 4 is 5.97 Å². The van der Waals surface area contributed by atoms with Crippen molar-refractivity contribution < 1.29 is 9.90 Å². The van der Waals surface area contributed by atoms with Crippen LogP contribution in [0.4, 0.5) is 0 Å². The monoisotopic (exact) mass is 306 g/mol. The molecule has 0 aliphatic carbocycles. The van der Waals surface area contributed by atoms with Crippen molar-refractivity contribution in [1.82, 2.24) is 0 Å². The Labute approximate surface area is 137 Å². The van der Waals surface area contributed by atoms with Gasteiger partial charge in [0.2, 0.25) is 0 Å². The predicted octanol–water partition coefficient (Wildman–Crippen LogP) is 6.44. The smallest absolute Gasteiger partial charge is 0.303 e. The molecule has 2 nitrogen and oxygen atoms in total. The van der Waals surface area contributed by atoms with Crippen LogP contribution in [0.25, 0.3) is 0 Å². The minimum Gasteiger partial charge on any atom is -0.481 e. The molecule has 126 valence electrons. The van der Waals surface area contributed by atoms with Gasteiger partial charge in [-0.25, -0.2) is 0 Å². The summed E-state index contributed by atoms with van der Waals surface area (Å²) in [6.07, 6.45) is 25.3. The highest BCUT2D eigenvalue weighted by Crippen LogP contribution is 2.10. The maximum Gasteiger partial charge on any atom is 0.303 e. The van der Waals surface area contributed by atoms with Crippen molar-refractivity contribution in [3.05, 3.63) is 37.0 Å². The van der Waals surface area contributed by atoms with Gasteiger partial charge in [-0.3, -0.25) is 4.79 Å². The molecular formula is C20H34O2. The summed E-state index contributed by atoms with van der Waals surface area (Å²) in [5.74, 6) is -0.667. The van der Waals surface area contributed by atoms with E-state index < -0.39 is 5.97 Å². The fourth-order valence-electron chi connectivity index (χ4n) is 2.37. The summed E-state index contributed by atoms with van der Waals surface area (Å²) in [7, 11) is 0. The first-order valence-corrected chi connectivity index (χ1v) is 8.91. The maximum absolute atomic E-state index is 10.3. The lowest BCUT2D eigenvalue weighted by molar-refractivity contribution is -0.137. The van der Waals surface area contributed by atoms with Gasteiger partial charge in [0.1, 0.15) is 0 Å². The first-order valence-electron chi connectivity index (χ1n) is 8.91. The van der Waals surface area contributed by atoms with Gasteiger partial charge < -0.3 is 5.11 Å². The number of hydrogen-bond donors (Lipinski definition) is 1. The fourth-order valence-corrected chi connectivity index (χ4v) is 2.37. The summed E-state index contributed by atoms with van der Waals surface area (Å²) in [6.45, 7) is 3.65. The molecule has 0 spiro atoms. The quantitative estimate of drug-likeness (QED) is 0.202. The first kappa shape index (κ1) is 20.7. The molecule has 0 unspecified atom stereocenters. The van der Waals surface area contributed by atoms with Gasteiger partial charge in [-0.15, -0.1) is 0 Å². The molecule has 0 aliphatic heterocycles. The van der Waals surface area contributed by atoms with Crippen LogP contribution in [0, 0.1) is 0 Å². The summed E-state index contributed by atoms with van der Waals surface area (Å²) in [4.78, 5) is 10.3. The highest BCUT2D eigenvalue weighted by atomic mass is 16.4. The second kappa shape index (κ2) is 17.7. The van der Waals surface area contributed by atoms with Gasteiger partial charge in [-0.05, 0) is 44.9 Å². The van der Waals surface area contributed by atoms with E-state index in [-0.39, 0.29) is 0 Å². The first-order chi connectivity index (χ1) is 10.8. The zero-order valence-electron chi connectivity index (χ0n) is 14.1. The number of hydrogen-bond acceptors (Lipinski definition) is 1. The van der Waals surface area contributed by atoms with Gasteiger partial charge in [0, 0.05) is 6.42 Å². The topological polar surface area (TPSA) is 37.3 Å².